The first kappa shape index (κ1) is 20.9. The number of nitrogens with one attached hydrogen (secondary N) is 1. The number of carbonyl (C=O) groups excluding carboxylic acids is 1. The summed E-state index contributed by atoms with van der Waals surface area (Å²) >= 11 is 1.26. The number of para-hydroxylation sites is 2. The van der Waals surface area contributed by atoms with Gasteiger partial charge in [0.05, 0.1) is 35.6 Å². The summed E-state index contributed by atoms with van der Waals surface area (Å²) in [7, 11) is 4.48. The second-order valence-corrected chi connectivity index (χ2v) is 8.53. The molecule has 1 N–H and O–H groups in total. The summed E-state index contributed by atoms with van der Waals surface area (Å²) < 4.78 is 9.55. The fraction of sp³-hybridized carbons (Fsp3) is 0.333. The van der Waals surface area contributed by atoms with E-state index in [-0.39, 0.29) is 23.5 Å². The first-order chi connectivity index (χ1) is 14.8. The Kier molecular flexibility index (Phi) is 5.18. The first-order valence-corrected chi connectivity index (χ1v) is 10.6. The summed E-state index contributed by atoms with van der Waals surface area (Å²) in [5.41, 5.74) is 0.957. The molecular weight excluding hydrogens is 418 g/mol. The van der Waals surface area contributed by atoms with E-state index in [0.717, 1.165) is 15.6 Å². The number of imidazole rings is 1. The average Bonchev–Trinajstić information content (AvgIpc) is 3.30. The van der Waals surface area contributed by atoms with Crippen molar-refractivity contribution in [1.82, 2.24) is 18.7 Å². The Morgan fingerprint density at radius 1 is 1.26 bits per heavy atom. The SMILES string of the molecule is CNc1nc2ccccc2n1Cc1sc2c(c1C(=O)OC)c(=O)n(C)c(=O)n2C(C)C. The Balaban J connectivity index is 2.07. The van der Waals surface area contributed by atoms with Crippen LogP contribution in [-0.2, 0) is 18.3 Å². The van der Waals surface area contributed by atoms with Crippen LogP contribution < -0.4 is 16.6 Å². The zero-order valence-corrected chi connectivity index (χ0v) is 18.7. The molecule has 162 valence electrons. The van der Waals surface area contributed by atoms with Gasteiger partial charge in [-0.15, -0.1) is 11.3 Å². The van der Waals surface area contributed by atoms with Gasteiger partial charge < -0.3 is 14.6 Å². The first-order valence-electron chi connectivity index (χ1n) is 9.78. The summed E-state index contributed by atoms with van der Waals surface area (Å²) in [6.45, 7) is 4.02. The molecule has 0 fully saturated rings. The van der Waals surface area contributed by atoms with Gasteiger partial charge in [0.1, 0.15) is 4.83 Å². The fourth-order valence-corrected chi connectivity index (χ4v) is 5.18. The van der Waals surface area contributed by atoms with Crippen molar-refractivity contribution < 1.29 is 9.53 Å². The molecular formula is C21H23N5O4S. The van der Waals surface area contributed by atoms with Crippen molar-refractivity contribution in [2.24, 2.45) is 7.05 Å². The monoisotopic (exact) mass is 441 g/mol. The lowest BCUT2D eigenvalue weighted by Gasteiger charge is -2.12. The Morgan fingerprint density at radius 2 is 1.97 bits per heavy atom. The van der Waals surface area contributed by atoms with Crippen molar-refractivity contribution in [2.45, 2.75) is 26.4 Å². The highest BCUT2D eigenvalue weighted by atomic mass is 32.1. The molecule has 0 bridgehead atoms. The number of carbonyl (C=O) groups is 1. The van der Waals surface area contributed by atoms with Crippen LogP contribution >= 0.6 is 11.3 Å². The van der Waals surface area contributed by atoms with Crippen molar-refractivity contribution in [3.63, 3.8) is 0 Å². The number of ether oxygens (including phenoxy) is 1. The van der Waals surface area contributed by atoms with Gasteiger partial charge in [-0.25, -0.2) is 14.6 Å². The summed E-state index contributed by atoms with van der Waals surface area (Å²) in [4.78, 5) is 44.3. The number of hydrogen-bond acceptors (Lipinski definition) is 7. The van der Waals surface area contributed by atoms with Gasteiger partial charge in [0, 0.05) is 25.0 Å². The number of methoxy groups -OCH3 is 1. The zero-order valence-electron chi connectivity index (χ0n) is 17.9. The van der Waals surface area contributed by atoms with Crippen LogP contribution in [0.5, 0.6) is 0 Å². The normalized spacial score (nSPS) is 11.5. The lowest BCUT2D eigenvalue weighted by molar-refractivity contribution is 0.0602. The maximum atomic E-state index is 13.0. The molecule has 4 rings (SSSR count). The number of benzene rings is 1. The lowest BCUT2D eigenvalue weighted by Crippen LogP contribution is -2.38. The predicted octanol–water partition coefficient (Wildman–Crippen LogP) is 2.57. The molecule has 0 saturated carbocycles. The molecule has 0 aliphatic heterocycles. The van der Waals surface area contributed by atoms with Gasteiger partial charge in [-0.1, -0.05) is 12.1 Å². The molecule has 0 radical (unpaired) electrons. The zero-order chi connectivity index (χ0) is 22.4. The predicted molar refractivity (Wildman–Crippen MR) is 121 cm³/mol. The minimum atomic E-state index is -0.609. The topological polar surface area (TPSA) is 100 Å². The van der Waals surface area contributed by atoms with E-state index in [2.05, 4.69) is 10.3 Å². The van der Waals surface area contributed by atoms with Crippen LogP contribution in [0.4, 0.5) is 5.95 Å². The van der Waals surface area contributed by atoms with Crippen LogP contribution in [0.25, 0.3) is 21.3 Å². The highest BCUT2D eigenvalue weighted by Crippen LogP contribution is 2.33. The molecule has 31 heavy (non-hydrogen) atoms. The lowest BCUT2D eigenvalue weighted by atomic mass is 10.1. The van der Waals surface area contributed by atoms with Gasteiger partial charge in [0.15, 0.2) is 0 Å². The maximum Gasteiger partial charge on any atom is 0.339 e. The van der Waals surface area contributed by atoms with E-state index in [0.29, 0.717) is 15.7 Å². The molecule has 0 spiro atoms. The Hall–Kier alpha value is -3.40. The Bertz CT molecular complexity index is 1440. The maximum absolute atomic E-state index is 13.0. The highest BCUT2D eigenvalue weighted by Gasteiger charge is 2.27. The summed E-state index contributed by atoms with van der Waals surface area (Å²) in [5.74, 6) is 0.0198. The molecule has 0 atom stereocenters. The molecule has 3 aromatic heterocycles. The number of aromatic nitrogens is 4. The minimum absolute atomic E-state index is 0.192. The molecule has 0 saturated heterocycles. The molecule has 4 aromatic rings. The van der Waals surface area contributed by atoms with Gasteiger partial charge in [-0.3, -0.25) is 13.9 Å². The third-order valence-electron chi connectivity index (χ3n) is 5.28. The number of thiophene rings is 1. The summed E-state index contributed by atoms with van der Waals surface area (Å²) in [5, 5.41) is 3.29. The minimum Gasteiger partial charge on any atom is -0.465 e. The van der Waals surface area contributed by atoms with E-state index in [1.165, 1.54) is 25.5 Å². The molecule has 9 nitrogen and oxygen atoms in total. The van der Waals surface area contributed by atoms with Gasteiger partial charge in [-0.05, 0) is 26.0 Å². The van der Waals surface area contributed by atoms with E-state index in [1.54, 1.807) is 11.6 Å². The molecule has 0 aliphatic carbocycles. The van der Waals surface area contributed by atoms with Crippen molar-refractivity contribution in [3.05, 3.63) is 55.5 Å². The summed E-state index contributed by atoms with van der Waals surface area (Å²) in [6, 6.07) is 7.48. The van der Waals surface area contributed by atoms with E-state index >= 15 is 0 Å². The summed E-state index contributed by atoms with van der Waals surface area (Å²) in [6.07, 6.45) is 0. The van der Waals surface area contributed by atoms with Crippen molar-refractivity contribution >= 4 is 44.5 Å². The quantitative estimate of drug-likeness (QED) is 0.478. The van der Waals surface area contributed by atoms with Gasteiger partial charge >= 0.3 is 11.7 Å². The van der Waals surface area contributed by atoms with Gasteiger partial charge in [0.25, 0.3) is 5.56 Å². The van der Waals surface area contributed by atoms with Crippen LogP contribution in [0.3, 0.4) is 0 Å². The number of rotatable bonds is 5. The Morgan fingerprint density at radius 3 is 2.61 bits per heavy atom. The van der Waals surface area contributed by atoms with Crippen LogP contribution in [-0.4, -0.2) is 38.8 Å². The highest BCUT2D eigenvalue weighted by molar-refractivity contribution is 7.19. The largest absolute Gasteiger partial charge is 0.465 e. The third-order valence-corrected chi connectivity index (χ3v) is 6.45. The van der Waals surface area contributed by atoms with Crippen LogP contribution in [0, 0.1) is 0 Å². The van der Waals surface area contributed by atoms with E-state index in [1.807, 2.05) is 42.7 Å². The van der Waals surface area contributed by atoms with Gasteiger partial charge in [0.2, 0.25) is 5.95 Å². The molecule has 1 aromatic carbocycles. The van der Waals surface area contributed by atoms with Crippen molar-refractivity contribution in [3.8, 4) is 0 Å². The van der Waals surface area contributed by atoms with E-state index < -0.39 is 17.2 Å². The molecule has 10 heteroatoms. The van der Waals surface area contributed by atoms with Crippen molar-refractivity contribution in [1.29, 1.82) is 0 Å². The van der Waals surface area contributed by atoms with Crippen LogP contribution in [0.1, 0.15) is 35.1 Å². The van der Waals surface area contributed by atoms with Crippen LogP contribution in [0.15, 0.2) is 33.9 Å². The number of hydrogen-bond donors (Lipinski definition) is 1. The van der Waals surface area contributed by atoms with E-state index in [4.69, 9.17) is 4.74 Å². The number of anilines is 1. The van der Waals surface area contributed by atoms with Crippen molar-refractivity contribution in [2.75, 3.05) is 19.5 Å². The third kappa shape index (κ3) is 3.14. The number of nitrogens with zero attached hydrogens (tertiary/aromatic N) is 4. The Labute approximate surface area is 181 Å². The molecule has 3 heterocycles. The molecule has 0 amide bonds. The standard InChI is InChI=1S/C21H23N5O4S/c1-11(2)26-18-16(17(27)24(4)21(26)29)15(19(28)30-5)14(31-18)10-25-13-9-7-6-8-12(13)23-20(25)22-3/h6-9,11H,10H2,1-5H3,(H,22,23). The molecule has 0 unspecified atom stereocenters. The molecule has 0 aliphatic rings. The number of fused-ring (bicyclic) bond motifs is 2. The van der Waals surface area contributed by atoms with Gasteiger partial charge in [-0.2, -0.15) is 0 Å². The average molecular weight is 442 g/mol. The second-order valence-electron chi connectivity index (χ2n) is 7.44. The smallest absolute Gasteiger partial charge is 0.339 e. The second kappa shape index (κ2) is 7.69. The fourth-order valence-electron chi connectivity index (χ4n) is 3.79. The van der Waals surface area contributed by atoms with Crippen LogP contribution in [0.2, 0.25) is 0 Å². The van der Waals surface area contributed by atoms with E-state index in [9.17, 15) is 14.4 Å². The number of esters is 1.